The first-order valence-electron chi connectivity index (χ1n) is 6.88. The Hall–Kier alpha value is -2.16. The molecule has 0 bridgehead atoms. The van der Waals surface area contributed by atoms with Crippen LogP contribution >= 0.6 is 0 Å². The van der Waals surface area contributed by atoms with E-state index in [1.807, 2.05) is 0 Å². The molecule has 9 heteroatoms. The van der Waals surface area contributed by atoms with E-state index in [0.29, 0.717) is 0 Å². The number of carbonyl (C=O) groups is 4. The maximum absolute atomic E-state index is 12.2. The van der Waals surface area contributed by atoms with Crippen molar-refractivity contribution >= 4 is 23.7 Å². The van der Waals surface area contributed by atoms with E-state index in [4.69, 9.17) is 5.73 Å². The molecule has 1 aliphatic rings. The zero-order valence-electron chi connectivity index (χ0n) is 12.6. The number of aliphatic hydroxyl groups excluding tert-OH is 1. The number of amides is 3. The van der Waals surface area contributed by atoms with Crippen LogP contribution in [0.2, 0.25) is 0 Å². The average molecular weight is 315 g/mol. The number of β-amino-alcohol motifs (C(OH)–C–C–N with tert-alkyl or cyclic N) is 1. The fourth-order valence-corrected chi connectivity index (χ4v) is 2.33. The van der Waals surface area contributed by atoms with Gasteiger partial charge in [-0.05, 0) is 6.42 Å². The molecule has 3 atom stereocenters. The molecule has 1 rings (SSSR count). The summed E-state index contributed by atoms with van der Waals surface area (Å²) in [5.74, 6) is -2.24. The Morgan fingerprint density at radius 2 is 2.05 bits per heavy atom. The number of nitrogens with one attached hydrogen (secondary N) is 1. The molecule has 0 aromatic heterocycles. The maximum atomic E-state index is 12.2. The van der Waals surface area contributed by atoms with E-state index in [1.54, 1.807) is 0 Å². The van der Waals surface area contributed by atoms with Crippen LogP contribution in [0.1, 0.15) is 26.2 Å². The molecule has 9 nitrogen and oxygen atoms in total. The summed E-state index contributed by atoms with van der Waals surface area (Å²) in [6.07, 6.45) is -0.771. The van der Waals surface area contributed by atoms with Crippen LogP contribution in [0.5, 0.6) is 0 Å². The highest BCUT2D eigenvalue weighted by Gasteiger charge is 2.38. The Kier molecular flexibility index (Phi) is 6.29. The summed E-state index contributed by atoms with van der Waals surface area (Å²) < 4.78 is 4.46. The van der Waals surface area contributed by atoms with E-state index in [-0.39, 0.29) is 31.7 Å². The summed E-state index contributed by atoms with van der Waals surface area (Å²) in [6.45, 7) is 1.36. The molecule has 22 heavy (non-hydrogen) atoms. The van der Waals surface area contributed by atoms with Gasteiger partial charge in [-0.3, -0.25) is 19.2 Å². The number of nitrogens with zero attached hydrogens (tertiary/aromatic N) is 1. The Labute approximate surface area is 127 Å². The van der Waals surface area contributed by atoms with Crippen LogP contribution in [0.3, 0.4) is 0 Å². The largest absolute Gasteiger partial charge is 0.469 e. The van der Waals surface area contributed by atoms with E-state index in [2.05, 4.69) is 10.1 Å². The Balaban J connectivity index is 2.68. The second-order valence-electron chi connectivity index (χ2n) is 5.16. The van der Waals surface area contributed by atoms with Crippen molar-refractivity contribution in [3.8, 4) is 0 Å². The average Bonchev–Trinajstić information content (AvgIpc) is 2.84. The van der Waals surface area contributed by atoms with Crippen molar-refractivity contribution in [3.63, 3.8) is 0 Å². The Bertz CT molecular complexity index is 467. The molecule has 0 aromatic carbocycles. The molecule has 124 valence electrons. The number of carbonyl (C=O) groups excluding carboxylic acids is 4. The highest BCUT2D eigenvalue weighted by Crippen LogP contribution is 2.18. The number of rotatable bonds is 6. The van der Waals surface area contributed by atoms with Crippen molar-refractivity contribution < 1.29 is 29.0 Å². The number of primary amides is 1. The van der Waals surface area contributed by atoms with Crippen LogP contribution in [0.25, 0.3) is 0 Å². The van der Waals surface area contributed by atoms with E-state index in [9.17, 15) is 24.3 Å². The molecular weight excluding hydrogens is 294 g/mol. The predicted octanol–water partition coefficient (Wildman–Crippen LogP) is -2.11. The zero-order chi connectivity index (χ0) is 16.9. The molecule has 0 aliphatic carbocycles. The molecule has 0 spiro atoms. The van der Waals surface area contributed by atoms with Gasteiger partial charge in [0.1, 0.15) is 12.1 Å². The predicted molar refractivity (Wildman–Crippen MR) is 74.2 cm³/mol. The number of likely N-dealkylation sites (tertiary alicyclic amines) is 1. The van der Waals surface area contributed by atoms with Gasteiger partial charge in [-0.15, -0.1) is 0 Å². The topological polar surface area (TPSA) is 139 Å². The van der Waals surface area contributed by atoms with Crippen molar-refractivity contribution in [2.45, 2.75) is 44.4 Å². The lowest BCUT2D eigenvalue weighted by atomic mass is 10.1. The van der Waals surface area contributed by atoms with Gasteiger partial charge in [-0.25, -0.2) is 0 Å². The van der Waals surface area contributed by atoms with Crippen molar-refractivity contribution in [3.05, 3.63) is 0 Å². The molecule has 1 saturated heterocycles. The zero-order valence-corrected chi connectivity index (χ0v) is 12.6. The lowest BCUT2D eigenvalue weighted by molar-refractivity contribution is -0.141. The fraction of sp³-hybridized carbons (Fsp3) is 0.692. The summed E-state index contributed by atoms with van der Waals surface area (Å²) in [5, 5.41) is 12.0. The van der Waals surface area contributed by atoms with Crippen molar-refractivity contribution in [2.75, 3.05) is 13.7 Å². The minimum absolute atomic E-state index is 0.00307. The van der Waals surface area contributed by atoms with Crippen molar-refractivity contribution in [2.24, 2.45) is 5.73 Å². The third-order valence-electron chi connectivity index (χ3n) is 3.51. The van der Waals surface area contributed by atoms with E-state index in [0.717, 1.165) is 0 Å². The first-order chi connectivity index (χ1) is 10.3. The van der Waals surface area contributed by atoms with Gasteiger partial charge in [-0.2, -0.15) is 0 Å². The number of ether oxygens (including phenoxy) is 1. The third-order valence-corrected chi connectivity index (χ3v) is 3.51. The SMILES string of the molecule is COC(=O)CC[C@@H](NC(=O)[C@@H]1C[C@@H](O)CN1C(C)=O)C(N)=O. The molecule has 0 radical (unpaired) electrons. The van der Waals surface area contributed by atoms with E-state index >= 15 is 0 Å². The second kappa shape index (κ2) is 7.74. The van der Waals surface area contributed by atoms with Crippen LogP contribution in [0, 0.1) is 0 Å². The van der Waals surface area contributed by atoms with Crippen LogP contribution in [0.15, 0.2) is 0 Å². The Morgan fingerprint density at radius 3 is 2.55 bits per heavy atom. The number of nitrogens with two attached hydrogens (primary N) is 1. The van der Waals surface area contributed by atoms with Gasteiger partial charge in [0, 0.05) is 26.3 Å². The second-order valence-corrected chi connectivity index (χ2v) is 5.16. The van der Waals surface area contributed by atoms with Gasteiger partial charge in [0.05, 0.1) is 13.2 Å². The molecule has 0 saturated carbocycles. The standard InChI is InChI=1S/C13H21N3O6/c1-7(17)16-6-8(18)5-10(16)13(21)15-9(12(14)20)3-4-11(19)22-2/h8-10,18H,3-6H2,1-2H3,(H2,14,20)(H,15,21)/t8-,9-,10+/m1/s1. The number of hydrogen-bond acceptors (Lipinski definition) is 6. The summed E-state index contributed by atoms with van der Waals surface area (Å²) in [6, 6.07) is -1.90. The maximum Gasteiger partial charge on any atom is 0.305 e. The minimum atomic E-state index is -1.04. The highest BCUT2D eigenvalue weighted by atomic mass is 16.5. The lowest BCUT2D eigenvalue weighted by Crippen LogP contribution is -2.52. The van der Waals surface area contributed by atoms with Crippen LogP contribution in [-0.2, 0) is 23.9 Å². The van der Waals surface area contributed by atoms with Crippen LogP contribution in [0.4, 0.5) is 0 Å². The van der Waals surface area contributed by atoms with Crippen molar-refractivity contribution in [1.29, 1.82) is 0 Å². The summed E-state index contributed by atoms with van der Waals surface area (Å²) in [4.78, 5) is 47.3. The lowest BCUT2D eigenvalue weighted by Gasteiger charge is -2.24. The number of methoxy groups -OCH3 is 1. The normalized spacial score (nSPS) is 22.0. The summed E-state index contributed by atoms with van der Waals surface area (Å²) in [7, 11) is 1.21. The fourth-order valence-electron chi connectivity index (χ4n) is 2.33. The molecule has 3 amide bonds. The first kappa shape index (κ1) is 17.9. The van der Waals surface area contributed by atoms with Gasteiger partial charge in [0.15, 0.2) is 0 Å². The van der Waals surface area contributed by atoms with Gasteiger partial charge < -0.3 is 25.8 Å². The monoisotopic (exact) mass is 315 g/mol. The van der Waals surface area contributed by atoms with Crippen LogP contribution in [-0.4, -0.2) is 65.5 Å². The summed E-state index contributed by atoms with van der Waals surface area (Å²) >= 11 is 0. The van der Waals surface area contributed by atoms with Gasteiger partial charge in [-0.1, -0.05) is 0 Å². The third kappa shape index (κ3) is 4.69. The molecule has 1 fully saturated rings. The van der Waals surface area contributed by atoms with Crippen LogP contribution < -0.4 is 11.1 Å². The Morgan fingerprint density at radius 1 is 1.41 bits per heavy atom. The molecule has 0 aromatic rings. The smallest absolute Gasteiger partial charge is 0.305 e. The van der Waals surface area contributed by atoms with E-state index < -0.39 is 36.0 Å². The quantitative estimate of drug-likeness (QED) is 0.479. The van der Waals surface area contributed by atoms with Crippen molar-refractivity contribution in [1.82, 2.24) is 10.2 Å². The molecule has 1 aliphatic heterocycles. The highest BCUT2D eigenvalue weighted by molar-refractivity contribution is 5.91. The molecule has 0 unspecified atom stereocenters. The van der Waals surface area contributed by atoms with Gasteiger partial charge in [0.25, 0.3) is 0 Å². The number of esters is 1. The minimum Gasteiger partial charge on any atom is -0.469 e. The summed E-state index contributed by atoms with van der Waals surface area (Å²) in [5.41, 5.74) is 5.20. The molecule has 4 N–H and O–H groups in total. The number of hydrogen-bond donors (Lipinski definition) is 3. The van der Waals surface area contributed by atoms with E-state index in [1.165, 1.54) is 18.9 Å². The molecule has 1 heterocycles. The number of aliphatic hydroxyl groups is 1. The van der Waals surface area contributed by atoms with Gasteiger partial charge >= 0.3 is 5.97 Å². The van der Waals surface area contributed by atoms with Gasteiger partial charge in [0.2, 0.25) is 17.7 Å². The molecular formula is C13H21N3O6. The first-order valence-corrected chi connectivity index (χ1v) is 6.88.